The maximum absolute atomic E-state index is 13.1. The average Bonchev–Trinajstić information content (AvgIpc) is 3.37. The number of Topliss-reactive ketones (excluding diaryl/α,β-unsaturated/α-hetero) is 1. The second kappa shape index (κ2) is 8.86. The molecule has 1 fully saturated rings. The molecule has 1 amide bonds. The number of nitrogens with one attached hydrogen (secondary N) is 1. The molecule has 1 N–H and O–H groups in total. The number of hydrogen-bond acceptors (Lipinski definition) is 6. The Balaban J connectivity index is 1.60. The number of amides is 1. The third kappa shape index (κ3) is 5.76. The van der Waals surface area contributed by atoms with Crippen LogP contribution in [-0.4, -0.2) is 51.5 Å². The monoisotopic (exact) mass is 430 g/mol. The van der Waals surface area contributed by atoms with E-state index in [4.69, 9.17) is 4.42 Å². The molecule has 0 bridgehead atoms. The van der Waals surface area contributed by atoms with E-state index in [1.807, 2.05) is 34.6 Å². The van der Waals surface area contributed by atoms with Crippen LogP contribution < -0.4 is 5.32 Å². The number of hydrogen-bond donors (Lipinski definition) is 1. The molecule has 31 heavy (non-hydrogen) atoms. The minimum absolute atomic E-state index is 0.0424. The lowest BCUT2D eigenvalue weighted by atomic mass is 9.95. The quantitative estimate of drug-likeness (QED) is 0.678. The third-order valence-corrected chi connectivity index (χ3v) is 5.43. The van der Waals surface area contributed by atoms with Gasteiger partial charge < -0.3 is 14.6 Å². The van der Waals surface area contributed by atoms with Crippen LogP contribution in [-0.2, 0) is 16.6 Å². The van der Waals surface area contributed by atoms with Gasteiger partial charge in [0.1, 0.15) is 11.9 Å². The van der Waals surface area contributed by atoms with E-state index in [1.165, 1.54) is 12.1 Å². The van der Waals surface area contributed by atoms with Gasteiger partial charge in [-0.05, 0) is 50.8 Å². The number of rotatable bonds is 7. The predicted octanol–water partition coefficient (Wildman–Crippen LogP) is 3.29. The summed E-state index contributed by atoms with van der Waals surface area (Å²) in [5, 5.41) is 11.2. The summed E-state index contributed by atoms with van der Waals surface area (Å²) in [6, 6.07) is 5.76. The van der Waals surface area contributed by atoms with Crippen molar-refractivity contribution in [1.82, 2.24) is 20.4 Å². The first kappa shape index (κ1) is 23.1. The van der Waals surface area contributed by atoms with Crippen molar-refractivity contribution in [2.24, 2.45) is 0 Å². The van der Waals surface area contributed by atoms with E-state index < -0.39 is 6.04 Å². The highest BCUT2D eigenvalue weighted by Crippen LogP contribution is 2.24. The number of likely N-dealkylation sites (tertiary alicyclic amines) is 1. The Morgan fingerprint density at radius 3 is 2.45 bits per heavy atom. The van der Waals surface area contributed by atoms with Crippen LogP contribution in [0, 0.1) is 5.82 Å². The Morgan fingerprint density at radius 2 is 1.84 bits per heavy atom. The van der Waals surface area contributed by atoms with Crippen LogP contribution >= 0.6 is 0 Å². The second-order valence-corrected chi connectivity index (χ2v) is 9.81. The van der Waals surface area contributed by atoms with Crippen molar-refractivity contribution >= 4 is 11.7 Å². The van der Waals surface area contributed by atoms with Crippen molar-refractivity contribution < 1.29 is 18.4 Å². The molecule has 1 saturated heterocycles. The van der Waals surface area contributed by atoms with Gasteiger partial charge in [-0.15, -0.1) is 10.2 Å². The highest BCUT2D eigenvalue weighted by atomic mass is 19.1. The van der Waals surface area contributed by atoms with E-state index in [9.17, 15) is 14.0 Å². The first-order chi connectivity index (χ1) is 14.5. The van der Waals surface area contributed by atoms with Crippen LogP contribution in [0.1, 0.15) is 69.6 Å². The average molecular weight is 431 g/mol. The van der Waals surface area contributed by atoms with Gasteiger partial charge in [-0.2, -0.15) is 0 Å². The molecule has 8 heteroatoms. The van der Waals surface area contributed by atoms with E-state index in [2.05, 4.69) is 15.5 Å². The lowest BCUT2D eigenvalue weighted by molar-refractivity contribution is -0.130. The van der Waals surface area contributed by atoms with Crippen LogP contribution in [0.15, 0.2) is 28.7 Å². The zero-order chi connectivity index (χ0) is 22.8. The fourth-order valence-corrected chi connectivity index (χ4v) is 3.70. The summed E-state index contributed by atoms with van der Waals surface area (Å²) in [4.78, 5) is 27.4. The van der Waals surface area contributed by atoms with Gasteiger partial charge in [-0.25, -0.2) is 4.39 Å². The second-order valence-electron chi connectivity index (χ2n) is 9.81. The minimum atomic E-state index is -0.581. The zero-order valence-corrected chi connectivity index (χ0v) is 18.9. The molecule has 1 aromatic heterocycles. The fourth-order valence-electron chi connectivity index (χ4n) is 3.70. The Bertz CT molecular complexity index is 931. The van der Waals surface area contributed by atoms with E-state index in [-0.39, 0.29) is 40.9 Å². The summed E-state index contributed by atoms with van der Waals surface area (Å²) < 4.78 is 18.7. The standard InChI is InChI=1S/C23H31FN4O3/c1-22(2,3)21-27-26-20(31-21)19(30)17-7-6-12-28(17)18(29)14-25-23(4,5)13-15-8-10-16(24)11-9-15/h8-11,17,25H,6-7,12-14H2,1-5H3. The molecule has 1 atom stereocenters. The maximum atomic E-state index is 13.1. The number of carbonyl (C=O) groups excluding carboxylic acids is 2. The van der Waals surface area contributed by atoms with Gasteiger partial charge in [0, 0.05) is 17.5 Å². The Labute approximate surface area is 182 Å². The summed E-state index contributed by atoms with van der Waals surface area (Å²) >= 11 is 0. The van der Waals surface area contributed by atoms with Gasteiger partial charge in [0.05, 0.1) is 6.54 Å². The van der Waals surface area contributed by atoms with Crippen LogP contribution in [0.3, 0.4) is 0 Å². The van der Waals surface area contributed by atoms with Gasteiger partial charge in [0.2, 0.25) is 17.6 Å². The van der Waals surface area contributed by atoms with Crippen molar-refractivity contribution in [3.63, 3.8) is 0 Å². The summed E-state index contributed by atoms with van der Waals surface area (Å²) in [6.45, 7) is 10.4. The Morgan fingerprint density at radius 1 is 1.16 bits per heavy atom. The molecule has 0 aliphatic carbocycles. The molecule has 1 unspecified atom stereocenters. The number of nitrogens with zero attached hydrogens (tertiary/aromatic N) is 3. The predicted molar refractivity (Wildman–Crippen MR) is 114 cm³/mol. The molecule has 1 aromatic carbocycles. The van der Waals surface area contributed by atoms with Crippen molar-refractivity contribution in [2.75, 3.05) is 13.1 Å². The number of halogens is 1. The summed E-state index contributed by atoms with van der Waals surface area (Å²) in [5.74, 6) is -0.363. The van der Waals surface area contributed by atoms with Gasteiger partial charge in [-0.3, -0.25) is 9.59 Å². The highest BCUT2D eigenvalue weighted by molar-refractivity contribution is 5.98. The summed E-state index contributed by atoms with van der Waals surface area (Å²) in [5.41, 5.74) is 0.254. The lowest BCUT2D eigenvalue weighted by Gasteiger charge is -2.29. The van der Waals surface area contributed by atoms with Crippen LogP contribution in [0.25, 0.3) is 0 Å². The van der Waals surface area contributed by atoms with E-state index in [0.717, 1.165) is 12.0 Å². The molecule has 1 aliphatic heterocycles. The van der Waals surface area contributed by atoms with Gasteiger partial charge in [-0.1, -0.05) is 32.9 Å². The van der Waals surface area contributed by atoms with Gasteiger partial charge in [0.25, 0.3) is 5.89 Å². The summed E-state index contributed by atoms with van der Waals surface area (Å²) in [6.07, 6.45) is 1.97. The van der Waals surface area contributed by atoms with Crippen LogP contribution in [0.4, 0.5) is 4.39 Å². The van der Waals surface area contributed by atoms with Crippen LogP contribution in [0.2, 0.25) is 0 Å². The molecule has 0 radical (unpaired) electrons. The van der Waals surface area contributed by atoms with Crippen molar-refractivity contribution in [1.29, 1.82) is 0 Å². The highest BCUT2D eigenvalue weighted by Gasteiger charge is 2.38. The van der Waals surface area contributed by atoms with Crippen molar-refractivity contribution in [3.05, 3.63) is 47.4 Å². The van der Waals surface area contributed by atoms with E-state index >= 15 is 0 Å². The number of aromatic nitrogens is 2. The zero-order valence-electron chi connectivity index (χ0n) is 18.9. The SMILES string of the molecule is CC(C)(Cc1ccc(F)cc1)NCC(=O)N1CCCC1C(=O)c1nnc(C(C)(C)C)o1. The minimum Gasteiger partial charge on any atom is -0.418 e. The molecule has 3 rings (SSSR count). The molecule has 0 saturated carbocycles. The summed E-state index contributed by atoms with van der Waals surface area (Å²) in [7, 11) is 0. The van der Waals surface area contributed by atoms with Gasteiger partial charge >= 0.3 is 0 Å². The molecule has 1 aliphatic rings. The third-order valence-electron chi connectivity index (χ3n) is 5.43. The molecule has 168 valence electrons. The number of carbonyl (C=O) groups is 2. The first-order valence-electron chi connectivity index (χ1n) is 10.6. The number of benzene rings is 1. The van der Waals surface area contributed by atoms with Crippen molar-refractivity contribution in [2.45, 2.75) is 70.9 Å². The largest absolute Gasteiger partial charge is 0.418 e. The molecule has 0 spiro atoms. The first-order valence-corrected chi connectivity index (χ1v) is 10.6. The Hall–Kier alpha value is -2.61. The van der Waals surface area contributed by atoms with Crippen molar-refractivity contribution in [3.8, 4) is 0 Å². The molecular weight excluding hydrogens is 399 g/mol. The number of ketones is 1. The Kier molecular flexibility index (Phi) is 6.59. The lowest BCUT2D eigenvalue weighted by Crippen LogP contribution is -2.50. The van der Waals surface area contributed by atoms with E-state index in [1.54, 1.807) is 17.0 Å². The maximum Gasteiger partial charge on any atom is 0.286 e. The normalized spacial score (nSPS) is 17.2. The van der Waals surface area contributed by atoms with E-state index in [0.29, 0.717) is 25.3 Å². The molecular formula is C23H31FN4O3. The molecule has 2 heterocycles. The topological polar surface area (TPSA) is 88.3 Å². The fraction of sp³-hybridized carbons (Fsp3) is 0.565. The van der Waals surface area contributed by atoms with Crippen LogP contribution in [0.5, 0.6) is 0 Å². The smallest absolute Gasteiger partial charge is 0.286 e. The van der Waals surface area contributed by atoms with Gasteiger partial charge in [0.15, 0.2) is 0 Å². The molecule has 2 aromatic rings. The molecule has 7 nitrogen and oxygen atoms in total.